The number of ether oxygens (including phenoxy) is 1. The van der Waals surface area contributed by atoms with Crippen LogP contribution in [0.5, 0.6) is 0 Å². The lowest BCUT2D eigenvalue weighted by atomic mass is 10.0. The van der Waals surface area contributed by atoms with Gasteiger partial charge in [-0.25, -0.2) is 4.79 Å². The summed E-state index contributed by atoms with van der Waals surface area (Å²) >= 11 is 0. The molecule has 0 saturated carbocycles. The molecule has 2 amide bonds. The normalized spacial score (nSPS) is 12.4. The first-order valence-electron chi connectivity index (χ1n) is 27.6. The van der Waals surface area contributed by atoms with E-state index in [-0.39, 0.29) is 24.5 Å². The van der Waals surface area contributed by atoms with Crippen molar-refractivity contribution in [2.24, 2.45) is 0 Å². The zero-order valence-electron chi connectivity index (χ0n) is 42.1. The molecule has 0 fully saturated rings. The molecular weight excluding hydrogens is 801 g/mol. The van der Waals surface area contributed by atoms with Crippen LogP contribution < -0.4 is 10.6 Å². The van der Waals surface area contributed by atoms with Gasteiger partial charge < -0.3 is 25.6 Å². The number of carboxylic acids is 1. The number of unbranched alkanes of at least 4 members (excludes halogenated alkanes) is 35. The number of hydrogen-bond acceptors (Lipinski definition) is 6. The Morgan fingerprint density at radius 2 is 0.797 bits per heavy atom. The third kappa shape index (κ3) is 46.1. The molecule has 0 spiro atoms. The molecule has 376 valence electrons. The molecule has 2 unspecified atom stereocenters. The van der Waals surface area contributed by atoms with Gasteiger partial charge in [0, 0.05) is 12.8 Å². The molecule has 64 heavy (non-hydrogen) atoms. The van der Waals surface area contributed by atoms with Crippen LogP contribution in [-0.4, -0.2) is 59.3 Å². The van der Waals surface area contributed by atoms with Crippen molar-refractivity contribution in [1.82, 2.24) is 10.6 Å². The fourth-order valence-corrected chi connectivity index (χ4v) is 8.54. The molecule has 0 heterocycles. The fourth-order valence-electron chi connectivity index (χ4n) is 8.54. The molecule has 4 N–H and O–H groups in total. The molecular formula is C55H104N2O7. The van der Waals surface area contributed by atoms with E-state index >= 15 is 0 Å². The summed E-state index contributed by atoms with van der Waals surface area (Å²) in [6, 6.07) is -1.38. The quantitative estimate of drug-likeness (QED) is 0.0270. The molecule has 0 aromatic carbocycles. The number of carbonyl (C=O) groups is 4. The number of carboxylic acid groups (broad SMARTS) is 1. The van der Waals surface area contributed by atoms with Crippen molar-refractivity contribution in [3.05, 3.63) is 12.2 Å². The van der Waals surface area contributed by atoms with Gasteiger partial charge >= 0.3 is 11.9 Å². The van der Waals surface area contributed by atoms with E-state index in [1.807, 2.05) is 0 Å². The van der Waals surface area contributed by atoms with Gasteiger partial charge in [0.2, 0.25) is 11.8 Å². The summed E-state index contributed by atoms with van der Waals surface area (Å²) in [5.74, 6) is -2.27. The van der Waals surface area contributed by atoms with Crippen molar-refractivity contribution in [3.8, 4) is 0 Å². The Kier molecular flexibility index (Phi) is 48.1. The maximum absolute atomic E-state index is 12.9. The first-order valence-corrected chi connectivity index (χ1v) is 27.6. The number of aliphatic carboxylic acids is 1. The zero-order chi connectivity index (χ0) is 46.8. The predicted molar refractivity (Wildman–Crippen MR) is 269 cm³/mol. The average Bonchev–Trinajstić information content (AvgIpc) is 3.28. The van der Waals surface area contributed by atoms with E-state index < -0.39 is 24.5 Å². The smallest absolute Gasteiger partial charge is 0.328 e. The van der Waals surface area contributed by atoms with Crippen molar-refractivity contribution in [2.45, 2.75) is 302 Å². The second-order valence-electron chi connectivity index (χ2n) is 19.0. The molecule has 0 rings (SSSR count). The van der Waals surface area contributed by atoms with Gasteiger partial charge in [0.15, 0.2) is 0 Å². The van der Waals surface area contributed by atoms with Gasteiger partial charge in [-0.3, -0.25) is 14.4 Å². The molecule has 0 aromatic rings. The summed E-state index contributed by atoms with van der Waals surface area (Å²) < 4.78 is 6.09. The van der Waals surface area contributed by atoms with Gasteiger partial charge in [-0.05, 0) is 64.2 Å². The lowest BCUT2D eigenvalue weighted by molar-refractivity contribution is -0.150. The van der Waals surface area contributed by atoms with Gasteiger partial charge in [0.1, 0.15) is 12.1 Å². The Morgan fingerprint density at radius 3 is 1.17 bits per heavy atom. The number of amides is 2. The second-order valence-corrected chi connectivity index (χ2v) is 19.0. The molecule has 0 radical (unpaired) electrons. The lowest BCUT2D eigenvalue weighted by Crippen LogP contribution is -2.47. The van der Waals surface area contributed by atoms with E-state index in [4.69, 9.17) is 14.9 Å². The minimum atomic E-state index is -1.38. The molecule has 9 nitrogen and oxygen atoms in total. The fraction of sp³-hybridized carbons (Fsp3) is 0.891. The van der Waals surface area contributed by atoms with Crippen molar-refractivity contribution in [3.63, 3.8) is 0 Å². The van der Waals surface area contributed by atoms with Crippen molar-refractivity contribution >= 4 is 23.8 Å². The Labute approximate surface area is 394 Å². The summed E-state index contributed by atoms with van der Waals surface area (Å²) in [5.41, 5.74) is 0. The third-order valence-electron chi connectivity index (χ3n) is 12.8. The van der Waals surface area contributed by atoms with Gasteiger partial charge in [0.25, 0.3) is 0 Å². The highest BCUT2D eigenvalue weighted by Gasteiger charge is 2.19. The summed E-state index contributed by atoms with van der Waals surface area (Å²) in [4.78, 5) is 47.9. The number of allylic oxidation sites excluding steroid dienone is 2. The van der Waals surface area contributed by atoms with E-state index in [2.05, 4.69) is 36.6 Å². The second kappa shape index (κ2) is 50.0. The minimum Gasteiger partial charge on any atom is -0.480 e. The third-order valence-corrected chi connectivity index (χ3v) is 12.8. The van der Waals surface area contributed by atoms with E-state index in [1.165, 1.54) is 199 Å². The maximum Gasteiger partial charge on any atom is 0.328 e. The number of aliphatic hydroxyl groups is 1. The number of rotatable bonds is 51. The maximum atomic E-state index is 12.9. The van der Waals surface area contributed by atoms with Crippen LogP contribution in [-0.2, 0) is 23.9 Å². The average molecular weight is 905 g/mol. The minimum absolute atomic E-state index is 0.0108. The van der Waals surface area contributed by atoms with Crippen molar-refractivity contribution in [1.29, 1.82) is 0 Å². The van der Waals surface area contributed by atoms with Gasteiger partial charge in [0.05, 0.1) is 13.2 Å². The number of nitrogens with one attached hydrogen (secondary N) is 2. The SMILES string of the molecule is CCCCCCCCCC/C=C\CCCCCCCCCCCC(=O)OC(CCCCCCCCCCCCCCCCC)CCCCCCCC(=O)NCC(=O)NC(CO)C(=O)O. The number of aliphatic hydroxyl groups excluding tert-OH is 1. The van der Waals surface area contributed by atoms with Crippen LogP contribution in [0.4, 0.5) is 0 Å². The Bertz CT molecular complexity index is 1080. The molecule has 0 aliphatic carbocycles. The van der Waals surface area contributed by atoms with Gasteiger partial charge in [-0.15, -0.1) is 0 Å². The van der Waals surface area contributed by atoms with Gasteiger partial charge in [-0.2, -0.15) is 0 Å². The van der Waals surface area contributed by atoms with E-state index in [0.29, 0.717) is 19.3 Å². The Balaban J connectivity index is 4.23. The zero-order valence-corrected chi connectivity index (χ0v) is 42.1. The molecule has 0 bridgehead atoms. The van der Waals surface area contributed by atoms with Crippen LogP contribution in [0.3, 0.4) is 0 Å². The molecule has 9 heteroatoms. The van der Waals surface area contributed by atoms with Crippen LogP contribution in [0.1, 0.15) is 290 Å². The monoisotopic (exact) mass is 905 g/mol. The summed E-state index contributed by atoms with van der Waals surface area (Å²) in [7, 11) is 0. The number of esters is 1. The highest BCUT2D eigenvalue weighted by Crippen LogP contribution is 2.20. The molecule has 0 aliphatic rings. The van der Waals surface area contributed by atoms with Crippen LogP contribution in [0.15, 0.2) is 12.2 Å². The first kappa shape index (κ1) is 61.6. The highest BCUT2D eigenvalue weighted by atomic mass is 16.5. The van der Waals surface area contributed by atoms with Crippen LogP contribution >= 0.6 is 0 Å². The Hall–Kier alpha value is -2.42. The van der Waals surface area contributed by atoms with Crippen molar-refractivity contribution in [2.75, 3.05) is 13.2 Å². The largest absolute Gasteiger partial charge is 0.480 e. The number of hydrogen-bond donors (Lipinski definition) is 4. The van der Waals surface area contributed by atoms with Crippen LogP contribution in [0, 0.1) is 0 Å². The van der Waals surface area contributed by atoms with E-state index in [9.17, 15) is 19.2 Å². The predicted octanol–water partition coefficient (Wildman–Crippen LogP) is 14.9. The summed E-state index contributed by atoms with van der Waals surface area (Å²) in [6.07, 6.45) is 56.8. The lowest BCUT2D eigenvalue weighted by Gasteiger charge is -2.18. The van der Waals surface area contributed by atoms with E-state index in [1.54, 1.807) is 0 Å². The van der Waals surface area contributed by atoms with E-state index in [0.717, 1.165) is 57.8 Å². The van der Waals surface area contributed by atoms with Crippen LogP contribution in [0.2, 0.25) is 0 Å². The first-order chi connectivity index (χ1) is 31.3. The molecule has 0 aliphatic heterocycles. The summed E-state index contributed by atoms with van der Waals surface area (Å²) in [5, 5.41) is 22.7. The molecule has 0 aromatic heterocycles. The van der Waals surface area contributed by atoms with Gasteiger partial charge in [-0.1, -0.05) is 225 Å². The van der Waals surface area contributed by atoms with Crippen LogP contribution in [0.25, 0.3) is 0 Å². The molecule has 2 atom stereocenters. The Morgan fingerprint density at radius 1 is 0.453 bits per heavy atom. The number of carbonyl (C=O) groups excluding carboxylic acids is 3. The topological polar surface area (TPSA) is 142 Å². The van der Waals surface area contributed by atoms with Crippen molar-refractivity contribution < 1.29 is 34.1 Å². The molecule has 0 saturated heterocycles. The summed E-state index contributed by atoms with van der Waals surface area (Å²) in [6.45, 7) is 3.53. The standard InChI is InChI=1S/C55H104N2O7/c1-3-5-7-9-11-13-15-17-19-20-21-22-23-24-26-28-30-32-34-39-43-47-54(61)64-50(44-40-36-33-31-29-27-25-18-16-14-12-10-8-6-4-2)45-41-37-35-38-42-46-52(59)56-48-53(60)57-51(49-58)55(62)63/h20-21,50-51,58H,3-19,22-49H2,1-2H3,(H,56,59)(H,57,60)(H,62,63)/b21-20-. The highest BCUT2D eigenvalue weighted by molar-refractivity contribution is 5.87.